The lowest BCUT2D eigenvalue weighted by molar-refractivity contribution is -0.130. The highest BCUT2D eigenvalue weighted by Gasteiger charge is 2.47. The van der Waals surface area contributed by atoms with E-state index in [-0.39, 0.29) is 29.3 Å². The van der Waals surface area contributed by atoms with E-state index in [2.05, 4.69) is 5.32 Å². The molecule has 2 N–H and O–H groups in total. The Morgan fingerprint density at radius 2 is 2.00 bits per heavy atom. The fourth-order valence-corrected chi connectivity index (χ4v) is 3.27. The highest BCUT2D eigenvalue weighted by atomic mass is 16.2. The molecule has 3 heterocycles. The highest BCUT2D eigenvalue weighted by Crippen LogP contribution is 2.35. The fraction of sp³-hybridized carbons (Fsp3) is 0.625. The molecule has 0 spiro atoms. The summed E-state index contributed by atoms with van der Waals surface area (Å²) in [5.41, 5.74) is 1.95. The van der Waals surface area contributed by atoms with Gasteiger partial charge in [-0.25, -0.2) is 10.4 Å². The van der Waals surface area contributed by atoms with E-state index in [0.29, 0.717) is 23.6 Å². The van der Waals surface area contributed by atoms with Gasteiger partial charge in [0.05, 0.1) is 18.2 Å². The van der Waals surface area contributed by atoms with Crippen molar-refractivity contribution in [2.45, 2.75) is 52.1 Å². The molecule has 1 unspecified atom stereocenters. The lowest BCUT2D eigenvalue weighted by Crippen LogP contribution is -2.50. The van der Waals surface area contributed by atoms with Gasteiger partial charge in [0, 0.05) is 6.04 Å². The maximum Gasteiger partial charge on any atom is 0.274 e. The minimum Gasteiger partial charge on any atom is -0.336 e. The van der Waals surface area contributed by atoms with Crippen LogP contribution in [0.25, 0.3) is 0 Å². The lowest BCUT2D eigenvalue weighted by atomic mass is 9.87. The molecule has 1 saturated carbocycles. The number of amides is 2. The third-order valence-corrected chi connectivity index (χ3v) is 5.00. The van der Waals surface area contributed by atoms with Crippen LogP contribution in [0.1, 0.15) is 40.0 Å². The Labute approximate surface area is 131 Å². The highest BCUT2D eigenvalue weighted by molar-refractivity contribution is 6.10. The number of hydrogen-bond acceptors (Lipinski definition) is 4. The Morgan fingerprint density at radius 3 is 2.59 bits per heavy atom. The van der Waals surface area contributed by atoms with Crippen molar-refractivity contribution in [2.75, 3.05) is 6.54 Å². The summed E-state index contributed by atoms with van der Waals surface area (Å²) < 4.78 is 8.31. The molecule has 118 valence electrons. The van der Waals surface area contributed by atoms with Crippen molar-refractivity contribution >= 4 is 11.8 Å². The number of fused-ring (bicyclic) bond motifs is 1. The molecule has 1 fully saturated rings. The van der Waals surface area contributed by atoms with Gasteiger partial charge in [-0.3, -0.25) is 9.59 Å². The summed E-state index contributed by atoms with van der Waals surface area (Å²) >= 11 is 0. The van der Waals surface area contributed by atoms with E-state index in [4.69, 9.17) is 1.41 Å². The minimum atomic E-state index is -0.248. The van der Waals surface area contributed by atoms with Crippen LogP contribution >= 0.6 is 0 Å². The van der Waals surface area contributed by atoms with Crippen LogP contribution in [-0.2, 0) is 9.59 Å². The summed E-state index contributed by atoms with van der Waals surface area (Å²) in [7, 11) is 0. The summed E-state index contributed by atoms with van der Waals surface area (Å²) in [5.74, 6) is 0.212. The molecular weight excluding hydrogens is 280 g/mol. The Bertz CT molecular complexity index is 659. The van der Waals surface area contributed by atoms with Crippen molar-refractivity contribution < 1.29 is 11.0 Å². The van der Waals surface area contributed by atoms with E-state index in [1.165, 1.54) is 10.4 Å². The molecule has 2 amide bonds. The first-order valence-corrected chi connectivity index (χ1v) is 7.94. The molecule has 4 aliphatic rings. The predicted octanol–water partition coefficient (Wildman–Crippen LogP) is 0.841. The second kappa shape index (κ2) is 4.35. The summed E-state index contributed by atoms with van der Waals surface area (Å²) in [4.78, 5) is 27.3. The van der Waals surface area contributed by atoms with Gasteiger partial charge in [-0.15, -0.1) is 0 Å². The molecule has 6 nitrogen and oxygen atoms in total. The summed E-state index contributed by atoms with van der Waals surface area (Å²) in [6, 6.07) is 0.0489. The van der Waals surface area contributed by atoms with Gasteiger partial charge in [0.1, 0.15) is 12.9 Å². The molecule has 0 radical (unpaired) electrons. The molecule has 6 heteroatoms. The molecule has 4 rings (SSSR count). The number of nitrogens with one attached hydrogen (secondary N) is 2. The Balaban J connectivity index is 1.64. The zero-order valence-corrected chi connectivity index (χ0v) is 13.2. The normalized spacial score (nSPS) is 30.0. The number of nitrogens with zero attached hydrogens (tertiary/aromatic N) is 2. The van der Waals surface area contributed by atoms with Gasteiger partial charge in [0.2, 0.25) is 0 Å². The zero-order valence-electron chi connectivity index (χ0n) is 14.2. The van der Waals surface area contributed by atoms with E-state index in [1.54, 1.807) is 4.90 Å². The molecule has 22 heavy (non-hydrogen) atoms. The molecule has 0 saturated heterocycles. The Hall–Kier alpha value is -1.82. The molecule has 3 aliphatic heterocycles. The van der Waals surface area contributed by atoms with Crippen LogP contribution < -0.4 is 10.7 Å². The molecule has 1 atom stereocenters. The summed E-state index contributed by atoms with van der Waals surface area (Å²) in [6.45, 7) is 6.46. The van der Waals surface area contributed by atoms with Gasteiger partial charge in [-0.1, -0.05) is 20.8 Å². The van der Waals surface area contributed by atoms with Crippen LogP contribution in [0.2, 0.25) is 1.41 Å². The van der Waals surface area contributed by atoms with E-state index >= 15 is 0 Å². The van der Waals surface area contributed by atoms with Crippen molar-refractivity contribution in [1.82, 2.24) is 20.6 Å². The van der Waals surface area contributed by atoms with Crippen LogP contribution in [0, 0.1) is 5.41 Å². The van der Waals surface area contributed by atoms with Crippen molar-refractivity contribution in [1.29, 1.82) is 0 Å². The average molecular weight is 303 g/mol. The van der Waals surface area contributed by atoms with Gasteiger partial charge in [0.15, 0.2) is 0 Å². The van der Waals surface area contributed by atoms with Gasteiger partial charge in [0.25, 0.3) is 11.8 Å². The van der Waals surface area contributed by atoms with Gasteiger partial charge in [-0.2, -0.15) is 0 Å². The van der Waals surface area contributed by atoms with E-state index in [0.717, 1.165) is 19.3 Å². The number of carbonyl (C=O) groups excluding carboxylic acids is 2. The first-order valence-electron chi connectivity index (χ1n) is 8.39. The monoisotopic (exact) mass is 303 g/mol. The van der Waals surface area contributed by atoms with Crippen LogP contribution in [0.5, 0.6) is 0 Å². The molecule has 0 aromatic carbocycles. The second-order valence-electron chi connectivity index (χ2n) is 7.59. The largest absolute Gasteiger partial charge is 0.336 e. The van der Waals surface area contributed by atoms with Crippen LogP contribution in [0.4, 0.5) is 0 Å². The zero-order chi connectivity index (χ0) is 16.5. The molecule has 0 aromatic heterocycles. The molecule has 0 aromatic rings. The molecule has 0 bridgehead atoms. The Kier molecular flexibility index (Phi) is 2.51. The first kappa shape index (κ1) is 12.7. The van der Waals surface area contributed by atoms with Gasteiger partial charge in [-0.05, 0) is 30.8 Å². The SMILES string of the molecule is [2H]N1C(C(C)(C)C)C=C2NC3=C(CN(C4CCC4)C3=O)C(=O)N21. The summed E-state index contributed by atoms with van der Waals surface area (Å²) in [5, 5.41) is 4.47. The predicted molar refractivity (Wildman–Crippen MR) is 80.8 cm³/mol. The fourth-order valence-electron chi connectivity index (χ4n) is 3.27. The molecule has 1 aliphatic carbocycles. The number of hydrogen-bond donors (Lipinski definition) is 2. The van der Waals surface area contributed by atoms with Crippen LogP contribution in [0.15, 0.2) is 23.2 Å². The number of carbonyl (C=O) groups is 2. The van der Waals surface area contributed by atoms with Crippen molar-refractivity contribution in [2.24, 2.45) is 5.41 Å². The van der Waals surface area contributed by atoms with Crippen molar-refractivity contribution in [3.05, 3.63) is 23.2 Å². The van der Waals surface area contributed by atoms with E-state index in [1.807, 2.05) is 26.8 Å². The quantitative estimate of drug-likeness (QED) is 0.753. The third kappa shape index (κ3) is 1.83. The lowest BCUT2D eigenvalue weighted by Gasteiger charge is -2.34. The topological polar surface area (TPSA) is 64.7 Å². The van der Waals surface area contributed by atoms with Crippen molar-refractivity contribution in [3.8, 4) is 0 Å². The summed E-state index contributed by atoms with van der Waals surface area (Å²) in [6.07, 6.45) is 5.05. The van der Waals surface area contributed by atoms with Gasteiger partial charge < -0.3 is 10.2 Å². The molecular formula is C16H22N4O2. The standard InChI is InChI=1S/C16H22N4O2/c1-16(2,3)11-7-12-17-13-10(14(21)20(12)18-11)8-19(15(13)22)9-5-4-6-9/h7,9,11,17-18H,4-6,8H2,1-3H3/i/hD. The van der Waals surface area contributed by atoms with Gasteiger partial charge >= 0.3 is 0 Å². The van der Waals surface area contributed by atoms with Crippen LogP contribution in [0.3, 0.4) is 0 Å². The third-order valence-electron chi connectivity index (χ3n) is 5.00. The Morgan fingerprint density at radius 1 is 1.27 bits per heavy atom. The second-order valence-corrected chi connectivity index (χ2v) is 7.59. The minimum absolute atomic E-state index is 0.0747. The average Bonchev–Trinajstić information content (AvgIpc) is 2.89. The number of hydrazine groups is 1. The van der Waals surface area contributed by atoms with Crippen LogP contribution in [-0.4, -0.2) is 40.4 Å². The van der Waals surface area contributed by atoms with Crippen molar-refractivity contribution in [3.63, 3.8) is 0 Å². The smallest absolute Gasteiger partial charge is 0.274 e. The van der Waals surface area contributed by atoms with E-state index < -0.39 is 0 Å². The first-order chi connectivity index (χ1) is 10.8. The van der Waals surface area contributed by atoms with E-state index in [9.17, 15) is 9.59 Å². The number of rotatable bonds is 1. The maximum atomic E-state index is 12.8. The maximum absolute atomic E-state index is 12.8.